The van der Waals surface area contributed by atoms with Crippen molar-refractivity contribution in [2.75, 3.05) is 13.2 Å². The Labute approximate surface area is 490 Å². The Bertz CT molecular complexity index is 1920. The highest BCUT2D eigenvalue weighted by molar-refractivity contribution is 5.74. The predicted octanol–water partition coefficient (Wildman–Crippen LogP) is 16.6. The van der Waals surface area contributed by atoms with Crippen LogP contribution in [0.5, 0.6) is 0 Å². The van der Waals surface area contributed by atoms with E-state index < -0.39 is 67.3 Å². The normalized spacial score (nSPS) is 18.7. The monoisotopic (exact) mass is 1130 g/mol. The molecule has 3 N–H and O–H groups in total. The lowest BCUT2D eigenvalue weighted by Crippen LogP contribution is -2.61. The lowest BCUT2D eigenvalue weighted by Gasteiger charge is -2.40. The Kier molecular flexibility index (Phi) is 50.5. The highest BCUT2D eigenvalue weighted by Gasteiger charge is 2.50. The third-order valence-corrected chi connectivity index (χ3v) is 13.2. The number of unbranched alkanes of at least 4 members (excludes halogenated alkanes) is 15. The zero-order valence-electron chi connectivity index (χ0n) is 50.2. The third-order valence-electron chi connectivity index (χ3n) is 13.2. The third kappa shape index (κ3) is 45.1. The van der Waals surface area contributed by atoms with Crippen LogP contribution in [0.15, 0.2) is 134 Å². The number of carbonyl (C=O) groups excluding carboxylic acids is 3. The standard InChI is InChI=1S/C69H108O12/c1-4-7-10-13-16-19-22-25-27-29-31-33-35-38-40-43-46-49-52-55-61(70)77-58-60(79-62(71)56-53-50-47-44-42-39-36-34-32-30-28-26-23-20-17-14-11-8-5-2)59-78-69-67(65(74)64(73)66(81-69)68(75)76)80-63(72)57-54-51-48-45-41-37-24-21-18-15-12-9-6-3/h7,10,12,15-17,19-21,24-28,31-34,38,40,46,49,60,64-67,69,73-74H,4-6,8-9,11,13-14,18,22-23,29-30,35-37,39,41-45,47-48,50-59H2,1-3H3,(H,75,76)/b10-7-,15-12-,19-16-,20-17-,24-21-,27-25-,28-26-,33-31-,34-32-,40-38-,49-46-. The van der Waals surface area contributed by atoms with E-state index in [4.69, 9.17) is 23.7 Å². The lowest BCUT2D eigenvalue weighted by atomic mass is 9.98. The molecule has 12 heteroatoms. The molecule has 0 radical (unpaired) electrons. The molecule has 0 bridgehead atoms. The number of aliphatic hydroxyl groups is 2. The van der Waals surface area contributed by atoms with E-state index in [-0.39, 0.29) is 25.9 Å². The second-order valence-electron chi connectivity index (χ2n) is 20.6. The minimum absolute atomic E-state index is 0.0282. The van der Waals surface area contributed by atoms with Crippen LogP contribution < -0.4 is 0 Å². The molecule has 0 saturated carbocycles. The molecule has 1 fully saturated rings. The Morgan fingerprint density at radius 3 is 1.28 bits per heavy atom. The van der Waals surface area contributed by atoms with Crippen LogP contribution in [-0.2, 0) is 42.9 Å². The van der Waals surface area contributed by atoms with Gasteiger partial charge in [0.15, 0.2) is 24.6 Å². The minimum Gasteiger partial charge on any atom is -0.479 e. The van der Waals surface area contributed by atoms with E-state index in [1.165, 1.54) is 25.7 Å². The van der Waals surface area contributed by atoms with E-state index in [0.717, 1.165) is 141 Å². The molecule has 1 aliphatic rings. The molecule has 0 aromatic rings. The average Bonchev–Trinajstić information content (AvgIpc) is 3.46. The first-order chi connectivity index (χ1) is 39.6. The van der Waals surface area contributed by atoms with Gasteiger partial charge >= 0.3 is 23.9 Å². The topological polar surface area (TPSA) is 175 Å². The highest BCUT2D eigenvalue weighted by Crippen LogP contribution is 2.26. The van der Waals surface area contributed by atoms with Gasteiger partial charge in [-0.1, -0.05) is 219 Å². The summed E-state index contributed by atoms with van der Waals surface area (Å²) in [6.07, 6.45) is 65.7. The van der Waals surface area contributed by atoms with Crippen LogP contribution in [0.2, 0.25) is 0 Å². The molecule has 12 nitrogen and oxygen atoms in total. The summed E-state index contributed by atoms with van der Waals surface area (Å²) in [7, 11) is 0. The molecule has 456 valence electrons. The number of allylic oxidation sites excluding steroid dienone is 22. The van der Waals surface area contributed by atoms with E-state index in [9.17, 15) is 34.5 Å². The van der Waals surface area contributed by atoms with Gasteiger partial charge in [-0.15, -0.1) is 0 Å². The minimum atomic E-state index is -1.93. The number of carboxylic acids is 1. The van der Waals surface area contributed by atoms with Crippen LogP contribution in [0.25, 0.3) is 0 Å². The smallest absolute Gasteiger partial charge is 0.335 e. The fourth-order valence-corrected chi connectivity index (χ4v) is 8.44. The van der Waals surface area contributed by atoms with Crippen molar-refractivity contribution in [3.05, 3.63) is 134 Å². The molecule has 6 unspecified atom stereocenters. The number of esters is 3. The van der Waals surface area contributed by atoms with Crippen molar-refractivity contribution in [1.82, 2.24) is 0 Å². The number of ether oxygens (including phenoxy) is 5. The van der Waals surface area contributed by atoms with Gasteiger partial charge in [-0.25, -0.2) is 4.79 Å². The molecule has 0 aromatic carbocycles. The van der Waals surface area contributed by atoms with E-state index in [2.05, 4.69) is 142 Å². The lowest BCUT2D eigenvalue weighted by molar-refractivity contribution is -0.301. The first-order valence-corrected chi connectivity index (χ1v) is 31.2. The van der Waals surface area contributed by atoms with Crippen molar-refractivity contribution >= 4 is 23.9 Å². The van der Waals surface area contributed by atoms with Crippen molar-refractivity contribution in [2.45, 2.75) is 263 Å². The second-order valence-corrected chi connectivity index (χ2v) is 20.6. The Morgan fingerprint density at radius 1 is 0.420 bits per heavy atom. The SMILES string of the molecule is CC/C=C\C/C=C\C/C=C\C/C=C\C/C=C\C/C=C\CCC(=O)OCC(COC1OC(C(=O)O)C(O)C(O)C1OC(=O)CCCCCCC/C=C\C/C=C\CCC)OC(=O)CCCCCCCC/C=C\C/C=C\C/C=C\CCCCC. The van der Waals surface area contributed by atoms with Crippen LogP contribution in [0.4, 0.5) is 0 Å². The first-order valence-electron chi connectivity index (χ1n) is 31.2. The Hall–Kier alpha value is -5.14. The number of aliphatic hydroxyl groups excluding tert-OH is 2. The molecule has 6 atom stereocenters. The largest absolute Gasteiger partial charge is 0.479 e. The summed E-state index contributed by atoms with van der Waals surface area (Å²) in [4.78, 5) is 51.2. The van der Waals surface area contributed by atoms with Gasteiger partial charge in [-0.05, 0) is 122 Å². The van der Waals surface area contributed by atoms with Crippen molar-refractivity contribution in [3.63, 3.8) is 0 Å². The molecule has 1 heterocycles. The van der Waals surface area contributed by atoms with Gasteiger partial charge < -0.3 is 39.0 Å². The average molecular weight is 1130 g/mol. The zero-order chi connectivity index (χ0) is 58.9. The number of carboxylic acid groups (broad SMARTS) is 1. The summed E-state index contributed by atoms with van der Waals surface area (Å²) in [6.45, 7) is 5.70. The molecule has 0 spiro atoms. The zero-order valence-corrected chi connectivity index (χ0v) is 50.2. The molecular weight excluding hydrogens is 1020 g/mol. The van der Waals surface area contributed by atoms with E-state index in [1.54, 1.807) is 0 Å². The van der Waals surface area contributed by atoms with Crippen LogP contribution in [0.3, 0.4) is 0 Å². The second kappa shape index (κ2) is 55.4. The molecule has 81 heavy (non-hydrogen) atoms. The summed E-state index contributed by atoms with van der Waals surface area (Å²) in [5.41, 5.74) is 0. The number of aliphatic carboxylic acids is 1. The van der Waals surface area contributed by atoms with Crippen LogP contribution >= 0.6 is 0 Å². The Morgan fingerprint density at radius 2 is 0.827 bits per heavy atom. The van der Waals surface area contributed by atoms with Gasteiger partial charge in [0.1, 0.15) is 18.8 Å². The van der Waals surface area contributed by atoms with Crippen molar-refractivity contribution in [3.8, 4) is 0 Å². The molecule has 1 saturated heterocycles. The quantitative estimate of drug-likeness (QED) is 0.0228. The van der Waals surface area contributed by atoms with Crippen LogP contribution in [0.1, 0.15) is 226 Å². The van der Waals surface area contributed by atoms with Gasteiger partial charge in [0.2, 0.25) is 0 Å². The number of hydrogen-bond donors (Lipinski definition) is 3. The Balaban J connectivity index is 2.75. The number of carbonyl (C=O) groups is 4. The van der Waals surface area contributed by atoms with Gasteiger partial charge in [0.25, 0.3) is 0 Å². The molecule has 1 rings (SSSR count). The van der Waals surface area contributed by atoms with Crippen molar-refractivity contribution in [2.24, 2.45) is 0 Å². The molecule has 1 aliphatic heterocycles. The van der Waals surface area contributed by atoms with Crippen molar-refractivity contribution in [1.29, 1.82) is 0 Å². The summed E-state index contributed by atoms with van der Waals surface area (Å²) >= 11 is 0. The fraction of sp³-hybridized carbons (Fsp3) is 0.623. The summed E-state index contributed by atoms with van der Waals surface area (Å²) < 4.78 is 28.4. The number of rotatable bonds is 51. The number of hydrogen-bond acceptors (Lipinski definition) is 11. The molecular formula is C69H108O12. The summed E-state index contributed by atoms with van der Waals surface area (Å²) in [5, 5.41) is 31.5. The van der Waals surface area contributed by atoms with E-state index in [0.29, 0.717) is 19.3 Å². The van der Waals surface area contributed by atoms with E-state index >= 15 is 0 Å². The maximum absolute atomic E-state index is 13.2. The molecule has 0 aliphatic carbocycles. The highest BCUT2D eigenvalue weighted by atomic mass is 16.7. The van der Waals surface area contributed by atoms with Crippen LogP contribution in [-0.4, -0.2) is 89.2 Å². The molecule has 0 amide bonds. The van der Waals surface area contributed by atoms with Gasteiger partial charge in [-0.2, -0.15) is 0 Å². The van der Waals surface area contributed by atoms with E-state index in [1.807, 2.05) is 12.2 Å². The van der Waals surface area contributed by atoms with Gasteiger partial charge in [-0.3, -0.25) is 14.4 Å². The summed E-state index contributed by atoms with van der Waals surface area (Å²) in [5.74, 6) is -3.28. The van der Waals surface area contributed by atoms with Crippen molar-refractivity contribution < 1.29 is 58.2 Å². The first kappa shape index (κ1) is 73.9. The molecule has 0 aromatic heterocycles. The maximum Gasteiger partial charge on any atom is 0.335 e. The predicted molar refractivity (Wildman–Crippen MR) is 330 cm³/mol. The van der Waals surface area contributed by atoms with Crippen LogP contribution in [0, 0.1) is 0 Å². The van der Waals surface area contributed by atoms with Gasteiger partial charge in [0, 0.05) is 19.3 Å². The maximum atomic E-state index is 13.2. The fourth-order valence-electron chi connectivity index (χ4n) is 8.44. The van der Waals surface area contributed by atoms with Gasteiger partial charge in [0.05, 0.1) is 6.61 Å². The summed E-state index contributed by atoms with van der Waals surface area (Å²) in [6, 6.07) is 0.